The Kier molecular flexibility index (Phi) is 5.29. The number of allylic oxidation sites excluding steroid dienone is 2. The Labute approximate surface area is 179 Å². The van der Waals surface area contributed by atoms with E-state index < -0.39 is 0 Å². The third kappa shape index (κ3) is 3.56. The fraction of sp³-hybridized carbons (Fsp3) is 0.217. The van der Waals surface area contributed by atoms with Crippen LogP contribution in [0.2, 0.25) is 0 Å². The van der Waals surface area contributed by atoms with Gasteiger partial charge in [-0.25, -0.2) is 0 Å². The Morgan fingerprint density at radius 1 is 1.06 bits per heavy atom. The number of nitrogens with two attached hydrogens (primary N) is 1. The molecule has 0 radical (unpaired) electrons. The molecule has 158 valence electrons. The molecule has 0 aliphatic carbocycles. The second-order valence-corrected chi connectivity index (χ2v) is 7.21. The van der Waals surface area contributed by atoms with E-state index in [4.69, 9.17) is 15.2 Å². The van der Waals surface area contributed by atoms with Crippen LogP contribution in [0.25, 0.3) is 22.3 Å². The van der Waals surface area contributed by atoms with Crippen molar-refractivity contribution in [3.8, 4) is 11.5 Å². The van der Waals surface area contributed by atoms with Gasteiger partial charge in [-0.05, 0) is 26.0 Å². The van der Waals surface area contributed by atoms with E-state index in [1.807, 2.05) is 40.8 Å². The predicted molar refractivity (Wildman–Crippen MR) is 118 cm³/mol. The van der Waals surface area contributed by atoms with Gasteiger partial charge in [-0.1, -0.05) is 18.2 Å². The first-order chi connectivity index (χ1) is 14.9. The molecule has 4 aromatic rings. The minimum Gasteiger partial charge on any atom is -0.496 e. The lowest BCUT2D eigenvalue weighted by Crippen LogP contribution is -2.07. The molecule has 31 heavy (non-hydrogen) atoms. The Bertz CT molecular complexity index is 1340. The highest BCUT2D eigenvalue weighted by Crippen LogP contribution is 2.33. The molecule has 2 heterocycles. The van der Waals surface area contributed by atoms with E-state index in [2.05, 4.69) is 15.2 Å². The van der Waals surface area contributed by atoms with E-state index in [0.717, 1.165) is 22.7 Å². The van der Waals surface area contributed by atoms with Crippen LogP contribution in [0.3, 0.4) is 0 Å². The van der Waals surface area contributed by atoms with Gasteiger partial charge in [-0.15, -0.1) is 10.2 Å². The summed E-state index contributed by atoms with van der Waals surface area (Å²) in [6.07, 6.45) is 2.18. The van der Waals surface area contributed by atoms with E-state index in [-0.39, 0.29) is 5.78 Å². The maximum atomic E-state index is 12.2. The maximum absolute atomic E-state index is 12.2. The number of hydrogen-bond acceptors (Lipinski definition) is 7. The molecule has 8 heteroatoms. The van der Waals surface area contributed by atoms with Gasteiger partial charge in [0.15, 0.2) is 11.4 Å². The number of ketones is 1. The number of aromatic nitrogens is 4. The molecule has 8 nitrogen and oxygen atoms in total. The number of carbonyl (C=O) groups is 1. The standard InChI is InChI=1S/C23H23N5O3/c1-13(24)23(14(2)29)16-10-17-18(11-20(16)31-4)28-21(26-27-22(28)12-25-17)9-15-7-5-6-8-19(15)30-3/h5-8,10-12H,9,24H2,1-4H3. The first-order valence-electron chi connectivity index (χ1n) is 9.75. The number of para-hydroxylation sites is 1. The summed E-state index contributed by atoms with van der Waals surface area (Å²) in [7, 11) is 3.20. The highest BCUT2D eigenvalue weighted by Gasteiger charge is 2.19. The van der Waals surface area contributed by atoms with Crippen LogP contribution in [0.5, 0.6) is 11.5 Å². The van der Waals surface area contributed by atoms with E-state index in [1.54, 1.807) is 27.3 Å². The lowest BCUT2D eigenvalue weighted by molar-refractivity contribution is -0.111. The van der Waals surface area contributed by atoms with E-state index in [1.165, 1.54) is 6.92 Å². The molecule has 4 rings (SSSR count). The number of carbonyl (C=O) groups excluding carboxylic acids is 1. The van der Waals surface area contributed by atoms with Gasteiger partial charge >= 0.3 is 0 Å². The number of methoxy groups -OCH3 is 2. The predicted octanol–water partition coefficient (Wildman–Crippen LogP) is 3.16. The number of fused-ring (bicyclic) bond motifs is 3. The lowest BCUT2D eigenvalue weighted by atomic mass is 9.98. The van der Waals surface area contributed by atoms with E-state index in [9.17, 15) is 4.79 Å². The van der Waals surface area contributed by atoms with Crippen LogP contribution in [-0.2, 0) is 11.2 Å². The van der Waals surface area contributed by atoms with E-state index >= 15 is 0 Å². The number of hydrogen-bond donors (Lipinski definition) is 1. The lowest BCUT2D eigenvalue weighted by Gasteiger charge is -2.14. The summed E-state index contributed by atoms with van der Waals surface area (Å²) in [5, 5.41) is 8.65. The third-order valence-electron chi connectivity index (χ3n) is 5.17. The zero-order valence-corrected chi connectivity index (χ0v) is 17.8. The summed E-state index contributed by atoms with van der Waals surface area (Å²) in [5.74, 6) is 1.90. The number of Topliss-reactive ketones (excluding diaryl/α,β-unsaturated/α-hetero) is 1. The van der Waals surface area contributed by atoms with Crippen molar-refractivity contribution in [2.75, 3.05) is 14.2 Å². The molecule has 2 aromatic carbocycles. The van der Waals surface area contributed by atoms with Crippen LogP contribution >= 0.6 is 0 Å². The van der Waals surface area contributed by atoms with Crippen molar-refractivity contribution >= 4 is 28.0 Å². The van der Waals surface area contributed by atoms with Gasteiger partial charge in [0.25, 0.3) is 0 Å². The molecule has 2 aromatic heterocycles. The van der Waals surface area contributed by atoms with Crippen molar-refractivity contribution in [2.45, 2.75) is 20.3 Å². The fourth-order valence-corrected chi connectivity index (χ4v) is 3.82. The minimum atomic E-state index is -0.139. The highest BCUT2D eigenvalue weighted by molar-refractivity contribution is 6.21. The van der Waals surface area contributed by atoms with Gasteiger partial charge in [-0.3, -0.25) is 14.2 Å². The number of benzene rings is 2. The smallest absolute Gasteiger partial charge is 0.179 e. The molecule has 0 saturated heterocycles. The molecule has 0 spiro atoms. The summed E-state index contributed by atoms with van der Waals surface area (Å²) in [4.78, 5) is 16.8. The summed E-state index contributed by atoms with van der Waals surface area (Å²) in [6.45, 7) is 3.18. The Morgan fingerprint density at radius 3 is 2.48 bits per heavy atom. The summed E-state index contributed by atoms with van der Waals surface area (Å²) >= 11 is 0. The number of rotatable bonds is 6. The SMILES string of the molecule is COc1ccccc1Cc1nnc2cnc3cc(C(C(C)=O)=C(C)N)c(OC)cc3n12. The average Bonchev–Trinajstić information content (AvgIpc) is 3.16. The largest absolute Gasteiger partial charge is 0.496 e. The molecule has 0 aliphatic rings. The molecule has 0 saturated carbocycles. The van der Waals surface area contributed by atoms with Crippen molar-refractivity contribution in [1.29, 1.82) is 0 Å². The van der Waals surface area contributed by atoms with Gasteiger partial charge in [0.05, 0.1) is 31.4 Å². The number of nitrogens with zero attached hydrogens (tertiary/aromatic N) is 4. The summed E-state index contributed by atoms with van der Waals surface area (Å²) in [6, 6.07) is 11.4. The zero-order chi connectivity index (χ0) is 22.1. The molecule has 0 atom stereocenters. The van der Waals surface area contributed by atoms with Gasteiger partial charge in [0.2, 0.25) is 0 Å². The molecule has 0 bridgehead atoms. The van der Waals surface area contributed by atoms with Gasteiger partial charge in [0.1, 0.15) is 17.3 Å². The number of ether oxygens (including phenoxy) is 2. The van der Waals surface area contributed by atoms with Crippen LogP contribution < -0.4 is 15.2 Å². The van der Waals surface area contributed by atoms with Crippen molar-refractivity contribution < 1.29 is 14.3 Å². The van der Waals surface area contributed by atoms with E-state index in [0.29, 0.717) is 40.2 Å². The molecule has 0 amide bonds. The van der Waals surface area contributed by atoms with Crippen LogP contribution in [0, 0.1) is 0 Å². The van der Waals surface area contributed by atoms with Crippen LogP contribution in [-0.4, -0.2) is 39.6 Å². The van der Waals surface area contributed by atoms with Crippen LogP contribution in [0.1, 0.15) is 30.8 Å². The average molecular weight is 417 g/mol. The van der Waals surface area contributed by atoms with Gasteiger partial charge in [0, 0.05) is 34.9 Å². The van der Waals surface area contributed by atoms with Crippen molar-refractivity contribution in [2.24, 2.45) is 5.73 Å². The van der Waals surface area contributed by atoms with Crippen molar-refractivity contribution in [3.63, 3.8) is 0 Å². The second kappa shape index (κ2) is 8.06. The first kappa shape index (κ1) is 20.3. The Morgan fingerprint density at radius 2 is 1.81 bits per heavy atom. The molecule has 0 fully saturated rings. The topological polar surface area (TPSA) is 105 Å². The maximum Gasteiger partial charge on any atom is 0.179 e. The summed E-state index contributed by atoms with van der Waals surface area (Å²) in [5.41, 5.74) is 10.5. The Hall–Kier alpha value is -3.94. The summed E-state index contributed by atoms with van der Waals surface area (Å²) < 4.78 is 13.0. The monoisotopic (exact) mass is 417 g/mol. The molecule has 0 aliphatic heterocycles. The molecular formula is C23H23N5O3. The molecule has 2 N–H and O–H groups in total. The van der Waals surface area contributed by atoms with Crippen LogP contribution in [0.15, 0.2) is 48.3 Å². The molecular weight excluding hydrogens is 394 g/mol. The van der Waals surface area contributed by atoms with Crippen molar-refractivity contribution in [1.82, 2.24) is 19.6 Å². The van der Waals surface area contributed by atoms with Gasteiger partial charge in [-0.2, -0.15) is 0 Å². The second-order valence-electron chi connectivity index (χ2n) is 7.21. The quantitative estimate of drug-likeness (QED) is 0.481. The van der Waals surface area contributed by atoms with Gasteiger partial charge < -0.3 is 15.2 Å². The minimum absolute atomic E-state index is 0.139. The highest BCUT2D eigenvalue weighted by atomic mass is 16.5. The van der Waals surface area contributed by atoms with Crippen molar-refractivity contribution in [3.05, 3.63) is 65.2 Å². The fourth-order valence-electron chi connectivity index (χ4n) is 3.82. The Balaban J connectivity index is 1.95. The third-order valence-corrected chi connectivity index (χ3v) is 5.17. The van der Waals surface area contributed by atoms with Crippen LogP contribution in [0.4, 0.5) is 0 Å². The molecule has 0 unspecified atom stereocenters. The first-order valence-corrected chi connectivity index (χ1v) is 9.75. The zero-order valence-electron chi connectivity index (χ0n) is 17.8. The normalized spacial score (nSPS) is 12.1.